The van der Waals surface area contributed by atoms with Gasteiger partial charge in [-0.2, -0.15) is 0 Å². The van der Waals surface area contributed by atoms with E-state index in [1.54, 1.807) is 66.6 Å². The van der Waals surface area contributed by atoms with Crippen LogP contribution in [0.2, 0.25) is 0 Å². The molecule has 4 rings (SSSR count). The number of halogens is 1. The van der Waals surface area contributed by atoms with Crippen LogP contribution in [0.3, 0.4) is 0 Å². The second-order valence-corrected chi connectivity index (χ2v) is 7.75. The van der Waals surface area contributed by atoms with Crippen LogP contribution in [0.1, 0.15) is 16.8 Å². The number of anilines is 1. The second-order valence-electron chi connectivity index (χ2n) is 7.75. The van der Waals surface area contributed by atoms with E-state index in [1.807, 2.05) is 18.2 Å². The largest absolute Gasteiger partial charge is 0.497 e. The van der Waals surface area contributed by atoms with Crippen LogP contribution >= 0.6 is 0 Å². The molecule has 0 bridgehead atoms. The molecule has 0 unspecified atom stereocenters. The maximum Gasteiger partial charge on any atom is 0.258 e. The molecule has 2 amide bonds. The van der Waals surface area contributed by atoms with Crippen molar-refractivity contribution in [3.63, 3.8) is 0 Å². The van der Waals surface area contributed by atoms with Crippen LogP contribution in [0.15, 0.2) is 78.9 Å². The van der Waals surface area contributed by atoms with E-state index in [0.29, 0.717) is 36.5 Å². The Balaban J connectivity index is 1.46. The van der Waals surface area contributed by atoms with Crippen LogP contribution in [-0.4, -0.2) is 49.6 Å². The molecule has 3 aromatic carbocycles. The molecule has 1 fully saturated rings. The zero-order chi connectivity index (χ0) is 23.2. The van der Waals surface area contributed by atoms with Crippen LogP contribution in [0.4, 0.5) is 10.1 Å². The molecular weight excluding hydrogens is 423 g/mol. The predicted octanol–water partition coefficient (Wildman–Crippen LogP) is 4.16. The molecule has 0 aromatic heterocycles. The Kier molecular flexibility index (Phi) is 6.88. The number of benzene rings is 3. The number of para-hydroxylation sites is 2. The number of methoxy groups -OCH3 is 1. The summed E-state index contributed by atoms with van der Waals surface area (Å²) in [6.45, 7) is 0.713. The third kappa shape index (κ3) is 5.31. The Morgan fingerprint density at radius 2 is 1.70 bits per heavy atom. The van der Waals surface area contributed by atoms with Crippen LogP contribution in [-0.2, 0) is 4.79 Å². The van der Waals surface area contributed by atoms with E-state index in [0.717, 1.165) is 0 Å². The normalized spacial score (nSPS) is 15.2. The van der Waals surface area contributed by atoms with Crippen LogP contribution in [0.25, 0.3) is 0 Å². The molecule has 1 saturated heterocycles. The predicted molar refractivity (Wildman–Crippen MR) is 123 cm³/mol. The molecule has 1 heterocycles. The molecule has 0 saturated carbocycles. The standard InChI is InChI=1S/C26H25FN2O4/c1-32-21-13-11-19(12-14-21)26(31)29(20-7-3-2-4-8-20)18-25(30)28-16-15-22(17-28)33-24-10-6-5-9-23(24)27/h2-14,22H,15-18H2,1H3/t22-/m1/s1. The van der Waals surface area contributed by atoms with Gasteiger partial charge in [0.1, 0.15) is 18.4 Å². The molecule has 1 aliphatic rings. The maximum atomic E-state index is 13.9. The van der Waals surface area contributed by atoms with Gasteiger partial charge in [-0.3, -0.25) is 14.5 Å². The van der Waals surface area contributed by atoms with Gasteiger partial charge in [-0.15, -0.1) is 0 Å². The van der Waals surface area contributed by atoms with E-state index in [1.165, 1.54) is 11.0 Å². The first-order valence-corrected chi connectivity index (χ1v) is 10.7. The molecule has 0 radical (unpaired) electrons. The van der Waals surface area contributed by atoms with E-state index >= 15 is 0 Å². The highest BCUT2D eigenvalue weighted by atomic mass is 19.1. The number of hydrogen-bond acceptors (Lipinski definition) is 4. The van der Waals surface area contributed by atoms with Gasteiger partial charge in [0.2, 0.25) is 5.91 Å². The van der Waals surface area contributed by atoms with Crippen LogP contribution in [0.5, 0.6) is 11.5 Å². The van der Waals surface area contributed by atoms with E-state index < -0.39 is 5.82 Å². The van der Waals surface area contributed by atoms with E-state index in [2.05, 4.69) is 0 Å². The van der Waals surface area contributed by atoms with E-state index in [9.17, 15) is 14.0 Å². The minimum Gasteiger partial charge on any atom is -0.497 e. The van der Waals surface area contributed by atoms with Crippen molar-refractivity contribution in [1.29, 1.82) is 0 Å². The van der Waals surface area contributed by atoms with Gasteiger partial charge < -0.3 is 14.4 Å². The molecule has 0 aliphatic carbocycles. The SMILES string of the molecule is COc1ccc(C(=O)N(CC(=O)N2CC[C@@H](Oc3ccccc3F)C2)c2ccccc2)cc1. The van der Waals surface area contributed by atoms with E-state index in [-0.39, 0.29) is 30.2 Å². The number of amides is 2. The zero-order valence-electron chi connectivity index (χ0n) is 18.3. The van der Waals surface area contributed by atoms with Gasteiger partial charge in [-0.05, 0) is 48.5 Å². The van der Waals surface area contributed by atoms with Crippen LogP contribution < -0.4 is 14.4 Å². The number of carbonyl (C=O) groups is 2. The summed E-state index contributed by atoms with van der Waals surface area (Å²) >= 11 is 0. The molecule has 6 nitrogen and oxygen atoms in total. The van der Waals surface area contributed by atoms with Crippen molar-refractivity contribution in [3.8, 4) is 11.5 Å². The Bertz CT molecular complexity index is 1100. The first-order valence-electron chi connectivity index (χ1n) is 10.7. The zero-order valence-corrected chi connectivity index (χ0v) is 18.3. The Hall–Kier alpha value is -3.87. The minimum absolute atomic E-state index is 0.110. The lowest BCUT2D eigenvalue weighted by Crippen LogP contribution is -2.42. The third-order valence-electron chi connectivity index (χ3n) is 5.57. The number of hydrogen-bond donors (Lipinski definition) is 0. The molecule has 0 spiro atoms. The molecular formula is C26H25FN2O4. The lowest BCUT2D eigenvalue weighted by Gasteiger charge is -2.25. The lowest BCUT2D eigenvalue weighted by molar-refractivity contribution is -0.128. The summed E-state index contributed by atoms with van der Waals surface area (Å²) in [5, 5.41) is 0. The Morgan fingerprint density at radius 1 is 1.00 bits per heavy atom. The molecule has 1 aliphatic heterocycles. The van der Waals surface area contributed by atoms with Crippen molar-refractivity contribution in [2.24, 2.45) is 0 Å². The fourth-order valence-electron chi connectivity index (χ4n) is 3.78. The molecule has 3 aromatic rings. The summed E-state index contributed by atoms with van der Waals surface area (Å²) in [6, 6.07) is 22.1. The van der Waals surface area contributed by atoms with Gasteiger partial charge in [0.15, 0.2) is 11.6 Å². The topological polar surface area (TPSA) is 59.1 Å². The number of nitrogens with zero attached hydrogens (tertiary/aromatic N) is 2. The summed E-state index contributed by atoms with van der Waals surface area (Å²) in [5.41, 5.74) is 1.08. The first-order chi connectivity index (χ1) is 16.0. The molecule has 33 heavy (non-hydrogen) atoms. The second kappa shape index (κ2) is 10.2. The average molecular weight is 448 g/mol. The third-order valence-corrected chi connectivity index (χ3v) is 5.57. The number of carbonyl (C=O) groups excluding carboxylic acids is 2. The van der Waals surface area contributed by atoms with Gasteiger partial charge in [-0.1, -0.05) is 30.3 Å². The van der Waals surface area contributed by atoms with Gasteiger partial charge in [0, 0.05) is 24.2 Å². The summed E-state index contributed by atoms with van der Waals surface area (Å²) in [5.74, 6) is -0.0808. The number of ether oxygens (including phenoxy) is 2. The summed E-state index contributed by atoms with van der Waals surface area (Å²) in [4.78, 5) is 29.5. The fourth-order valence-corrected chi connectivity index (χ4v) is 3.78. The van der Waals surface area contributed by atoms with Gasteiger partial charge in [-0.25, -0.2) is 4.39 Å². The van der Waals surface area contributed by atoms with Crippen molar-refractivity contribution in [2.75, 3.05) is 31.6 Å². The van der Waals surface area contributed by atoms with Crippen molar-refractivity contribution >= 4 is 17.5 Å². The monoisotopic (exact) mass is 448 g/mol. The molecule has 1 atom stereocenters. The summed E-state index contributed by atoms with van der Waals surface area (Å²) < 4.78 is 24.8. The molecule has 7 heteroatoms. The van der Waals surface area contributed by atoms with Crippen molar-refractivity contribution in [2.45, 2.75) is 12.5 Å². The van der Waals surface area contributed by atoms with Gasteiger partial charge in [0.25, 0.3) is 5.91 Å². The Morgan fingerprint density at radius 3 is 2.39 bits per heavy atom. The van der Waals surface area contributed by atoms with Crippen molar-refractivity contribution in [1.82, 2.24) is 4.90 Å². The smallest absolute Gasteiger partial charge is 0.258 e. The molecule has 170 valence electrons. The highest BCUT2D eigenvalue weighted by molar-refractivity contribution is 6.08. The molecule has 0 N–H and O–H groups in total. The highest BCUT2D eigenvalue weighted by Gasteiger charge is 2.30. The number of likely N-dealkylation sites (tertiary alicyclic amines) is 1. The van der Waals surface area contributed by atoms with Crippen LogP contribution in [0, 0.1) is 5.82 Å². The lowest BCUT2D eigenvalue weighted by atomic mass is 10.1. The quantitative estimate of drug-likeness (QED) is 0.545. The Labute approximate surface area is 192 Å². The summed E-state index contributed by atoms with van der Waals surface area (Å²) in [6.07, 6.45) is 0.297. The fraction of sp³-hybridized carbons (Fsp3) is 0.231. The van der Waals surface area contributed by atoms with Gasteiger partial charge >= 0.3 is 0 Å². The van der Waals surface area contributed by atoms with Gasteiger partial charge in [0.05, 0.1) is 13.7 Å². The summed E-state index contributed by atoms with van der Waals surface area (Å²) in [7, 11) is 1.56. The van der Waals surface area contributed by atoms with Crippen molar-refractivity contribution in [3.05, 3.63) is 90.2 Å². The van der Waals surface area contributed by atoms with E-state index in [4.69, 9.17) is 9.47 Å². The first kappa shape index (κ1) is 22.3. The van der Waals surface area contributed by atoms with Crippen molar-refractivity contribution < 1.29 is 23.5 Å². The maximum absolute atomic E-state index is 13.9. The average Bonchev–Trinajstić information content (AvgIpc) is 3.33. The highest BCUT2D eigenvalue weighted by Crippen LogP contribution is 2.23. The minimum atomic E-state index is -0.428. The number of rotatable bonds is 7.